The minimum Gasteiger partial charge on any atom is -0.490 e. The van der Waals surface area contributed by atoms with Gasteiger partial charge >= 0.3 is 5.97 Å². The van der Waals surface area contributed by atoms with E-state index < -0.39 is 11.9 Å². The normalized spacial score (nSPS) is 14.0. The van der Waals surface area contributed by atoms with Crippen LogP contribution in [-0.2, 0) is 0 Å². The van der Waals surface area contributed by atoms with E-state index in [4.69, 9.17) is 9.84 Å². The predicted octanol–water partition coefficient (Wildman–Crippen LogP) is 3.56. The van der Waals surface area contributed by atoms with Gasteiger partial charge in [0.2, 0.25) is 5.95 Å². The second kappa shape index (κ2) is 8.47. The number of hydrogen-bond donors (Lipinski definition) is 2. The largest absolute Gasteiger partial charge is 0.490 e. The number of benzene rings is 1. The van der Waals surface area contributed by atoms with Crippen LogP contribution in [0.15, 0.2) is 36.5 Å². The maximum Gasteiger partial charge on any atom is 0.335 e. The minimum absolute atomic E-state index is 0. The SMILES string of the molecule is CNC1(COc2cnc(F)c(-c3cccc(C(=O)O)c3)c2)CC1.Cl.Cl. The number of carboxylic acid groups (broad SMARTS) is 1. The van der Waals surface area contributed by atoms with Crippen LogP contribution in [0.4, 0.5) is 4.39 Å². The molecule has 0 unspecified atom stereocenters. The lowest BCUT2D eigenvalue weighted by atomic mass is 10.0. The first-order valence-electron chi connectivity index (χ1n) is 7.34. The Morgan fingerprint density at radius 3 is 2.68 bits per heavy atom. The van der Waals surface area contributed by atoms with Gasteiger partial charge in [0.15, 0.2) is 0 Å². The highest BCUT2D eigenvalue weighted by Gasteiger charge is 2.41. The maximum absolute atomic E-state index is 14.0. The van der Waals surface area contributed by atoms with Crippen molar-refractivity contribution in [3.05, 3.63) is 48.0 Å². The molecular formula is C17H19Cl2FN2O3. The highest BCUT2D eigenvalue weighted by atomic mass is 35.5. The van der Waals surface area contributed by atoms with Crippen LogP contribution in [0.25, 0.3) is 11.1 Å². The van der Waals surface area contributed by atoms with E-state index in [-0.39, 0.29) is 41.5 Å². The molecule has 2 aromatic rings. The van der Waals surface area contributed by atoms with Gasteiger partial charge in [-0.05, 0) is 43.7 Å². The number of carboxylic acids is 1. The first kappa shape index (κ1) is 21.2. The summed E-state index contributed by atoms with van der Waals surface area (Å²) in [6, 6.07) is 7.65. The molecule has 8 heteroatoms. The lowest BCUT2D eigenvalue weighted by Crippen LogP contribution is -2.33. The number of aromatic nitrogens is 1. The summed E-state index contributed by atoms with van der Waals surface area (Å²) < 4.78 is 19.7. The average Bonchev–Trinajstić information content (AvgIpc) is 3.35. The zero-order valence-electron chi connectivity index (χ0n) is 13.5. The Bertz CT molecular complexity index is 754. The topological polar surface area (TPSA) is 71.5 Å². The first-order valence-corrected chi connectivity index (χ1v) is 7.34. The lowest BCUT2D eigenvalue weighted by molar-refractivity contribution is 0.0697. The standard InChI is InChI=1S/C17H17FN2O3.2ClH/c1-19-17(5-6-17)10-23-13-8-14(15(18)20-9-13)11-3-2-4-12(7-11)16(21)22;;/h2-4,7-9,19H,5-6,10H2,1H3,(H,21,22);2*1H. The summed E-state index contributed by atoms with van der Waals surface area (Å²) >= 11 is 0. The van der Waals surface area contributed by atoms with Crippen LogP contribution in [0, 0.1) is 5.95 Å². The van der Waals surface area contributed by atoms with E-state index in [2.05, 4.69) is 10.3 Å². The molecule has 2 N–H and O–H groups in total. The van der Waals surface area contributed by atoms with Crippen molar-refractivity contribution in [1.82, 2.24) is 10.3 Å². The Morgan fingerprint density at radius 2 is 2.08 bits per heavy atom. The summed E-state index contributed by atoms with van der Waals surface area (Å²) in [5, 5.41) is 12.3. The minimum atomic E-state index is -1.06. The molecule has 1 saturated carbocycles. The third kappa shape index (κ3) is 4.81. The summed E-state index contributed by atoms with van der Waals surface area (Å²) in [6.07, 6.45) is 3.43. The van der Waals surface area contributed by atoms with Crippen LogP contribution in [-0.4, -0.2) is 35.3 Å². The molecule has 3 rings (SSSR count). The van der Waals surface area contributed by atoms with Crippen molar-refractivity contribution in [3.63, 3.8) is 0 Å². The Labute approximate surface area is 157 Å². The molecule has 1 aromatic heterocycles. The number of halogens is 3. The van der Waals surface area contributed by atoms with E-state index in [1.54, 1.807) is 18.2 Å². The number of rotatable bonds is 6. The van der Waals surface area contributed by atoms with Crippen molar-refractivity contribution in [2.45, 2.75) is 18.4 Å². The fraction of sp³-hybridized carbons (Fsp3) is 0.294. The van der Waals surface area contributed by atoms with Crippen LogP contribution in [0.5, 0.6) is 5.75 Å². The molecule has 0 spiro atoms. The number of hydrogen-bond acceptors (Lipinski definition) is 4. The summed E-state index contributed by atoms with van der Waals surface area (Å²) in [6.45, 7) is 0.491. The molecule has 1 aromatic carbocycles. The lowest BCUT2D eigenvalue weighted by Gasteiger charge is -2.15. The summed E-state index contributed by atoms with van der Waals surface area (Å²) in [4.78, 5) is 14.8. The van der Waals surface area contributed by atoms with E-state index in [9.17, 15) is 9.18 Å². The number of ether oxygens (including phenoxy) is 1. The second-order valence-electron chi connectivity index (χ2n) is 5.71. The molecule has 0 aliphatic heterocycles. The van der Waals surface area contributed by atoms with Crippen molar-refractivity contribution in [2.75, 3.05) is 13.7 Å². The molecule has 0 bridgehead atoms. The Kier molecular flexibility index (Phi) is 7.17. The molecule has 0 saturated heterocycles. The molecule has 5 nitrogen and oxygen atoms in total. The van der Waals surface area contributed by atoms with Gasteiger partial charge in [0.1, 0.15) is 12.4 Å². The maximum atomic E-state index is 14.0. The van der Waals surface area contributed by atoms with Crippen molar-refractivity contribution in [1.29, 1.82) is 0 Å². The highest BCUT2D eigenvalue weighted by Crippen LogP contribution is 2.35. The number of nitrogens with zero attached hydrogens (tertiary/aromatic N) is 1. The van der Waals surface area contributed by atoms with E-state index in [0.29, 0.717) is 17.9 Å². The van der Waals surface area contributed by atoms with Gasteiger partial charge in [-0.3, -0.25) is 0 Å². The predicted molar refractivity (Wildman–Crippen MR) is 97.6 cm³/mol. The molecule has 0 amide bonds. The Hall–Kier alpha value is -1.89. The van der Waals surface area contributed by atoms with Crippen molar-refractivity contribution < 1.29 is 19.0 Å². The van der Waals surface area contributed by atoms with Crippen LogP contribution < -0.4 is 10.1 Å². The van der Waals surface area contributed by atoms with Crippen LogP contribution in [0.2, 0.25) is 0 Å². The molecule has 1 heterocycles. The number of likely N-dealkylation sites (N-methyl/N-ethyl adjacent to an activating group) is 1. The van der Waals surface area contributed by atoms with Gasteiger partial charge in [0.25, 0.3) is 0 Å². The molecule has 0 atom stereocenters. The fourth-order valence-corrected chi connectivity index (χ4v) is 2.37. The van der Waals surface area contributed by atoms with E-state index >= 15 is 0 Å². The number of carbonyl (C=O) groups is 1. The number of aromatic carboxylic acids is 1. The molecule has 136 valence electrons. The number of nitrogens with one attached hydrogen (secondary N) is 1. The fourth-order valence-electron chi connectivity index (χ4n) is 2.37. The number of pyridine rings is 1. The Balaban J connectivity index is 0.00000156. The van der Waals surface area contributed by atoms with Crippen LogP contribution in [0.1, 0.15) is 23.2 Å². The van der Waals surface area contributed by atoms with Gasteiger partial charge in [-0.2, -0.15) is 4.39 Å². The van der Waals surface area contributed by atoms with E-state index in [1.807, 2.05) is 7.05 Å². The summed E-state index contributed by atoms with van der Waals surface area (Å²) in [5.74, 6) is -1.25. The van der Waals surface area contributed by atoms with Crippen molar-refractivity contribution >= 4 is 30.8 Å². The van der Waals surface area contributed by atoms with Crippen molar-refractivity contribution in [2.24, 2.45) is 0 Å². The monoisotopic (exact) mass is 388 g/mol. The molecule has 1 fully saturated rings. The third-order valence-electron chi connectivity index (χ3n) is 4.13. The van der Waals surface area contributed by atoms with Gasteiger partial charge in [0, 0.05) is 5.56 Å². The van der Waals surface area contributed by atoms with Crippen LogP contribution in [0.3, 0.4) is 0 Å². The third-order valence-corrected chi connectivity index (χ3v) is 4.13. The molecule has 1 aliphatic carbocycles. The van der Waals surface area contributed by atoms with Gasteiger partial charge < -0.3 is 15.2 Å². The van der Waals surface area contributed by atoms with E-state index in [1.165, 1.54) is 18.3 Å². The first-order chi connectivity index (χ1) is 11.0. The Morgan fingerprint density at radius 1 is 1.36 bits per heavy atom. The summed E-state index contributed by atoms with van der Waals surface area (Å²) in [7, 11) is 1.89. The smallest absolute Gasteiger partial charge is 0.335 e. The van der Waals surface area contributed by atoms with Gasteiger partial charge in [-0.25, -0.2) is 9.78 Å². The van der Waals surface area contributed by atoms with Gasteiger partial charge in [-0.1, -0.05) is 12.1 Å². The highest BCUT2D eigenvalue weighted by molar-refractivity contribution is 5.89. The molecule has 25 heavy (non-hydrogen) atoms. The van der Waals surface area contributed by atoms with Crippen molar-refractivity contribution in [3.8, 4) is 16.9 Å². The zero-order chi connectivity index (χ0) is 16.4. The summed E-state index contributed by atoms with van der Waals surface area (Å²) in [5.41, 5.74) is 0.785. The quantitative estimate of drug-likeness (QED) is 0.740. The molecule has 0 radical (unpaired) electrons. The molecular weight excluding hydrogens is 370 g/mol. The zero-order valence-corrected chi connectivity index (χ0v) is 15.1. The average molecular weight is 389 g/mol. The van der Waals surface area contributed by atoms with Gasteiger partial charge in [0.05, 0.1) is 17.3 Å². The second-order valence-corrected chi connectivity index (χ2v) is 5.71. The van der Waals surface area contributed by atoms with Gasteiger partial charge in [-0.15, -0.1) is 24.8 Å². The molecule has 1 aliphatic rings. The van der Waals surface area contributed by atoms with E-state index in [0.717, 1.165) is 12.8 Å². The van der Waals surface area contributed by atoms with Crippen LogP contribution >= 0.6 is 24.8 Å².